The Hall–Kier alpha value is -3.70. The van der Waals surface area contributed by atoms with Gasteiger partial charge in [0, 0.05) is 12.8 Å². The molecule has 0 aromatic carbocycles. The first kappa shape index (κ1) is 72.3. The Bertz CT molecular complexity index is 1520. The van der Waals surface area contributed by atoms with E-state index >= 15 is 0 Å². The van der Waals surface area contributed by atoms with Crippen LogP contribution in [0.25, 0.3) is 0 Å². The van der Waals surface area contributed by atoms with Gasteiger partial charge in [-0.1, -0.05) is 296 Å². The van der Waals surface area contributed by atoms with Crippen molar-refractivity contribution in [2.75, 3.05) is 13.2 Å². The molecular weight excluding hydrogens is 933 g/mol. The first-order valence-corrected chi connectivity index (χ1v) is 32.1. The molecule has 0 heterocycles. The smallest absolute Gasteiger partial charge is 0.306 e. The van der Waals surface area contributed by atoms with Crippen molar-refractivity contribution >= 4 is 11.9 Å². The van der Waals surface area contributed by atoms with Crippen molar-refractivity contribution in [1.29, 1.82) is 0 Å². The third-order valence-electron chi connectivity index (χ3n) is 13.7. The Balaban J connectivity index is 3.55. The van der Waals surface area contributed by atoms with E-state index in [4.69, 9.17) is 9.47 Å². The van der Waals surface area contributed by atoms with E-state index in [0.29, 0.717) is 12.8 Å². The predicted molar refractivity (Wildman–Crippen MR) is 334 cm³/mol. The van der Waals surface area contributed by atoms with E-state index in [1.807, 2.05) is 0 Å². The Kier molecular flexibility index (Phi) is 62.4. The molecule has 76 heavy (non-hydrogen) atoms. The highest BCUT2D eigenvalue weighted by Gasteiger charge is 2.16. The molecule has 434 valence electrons. The minimum Gasteiger partial charge on any atom is -0.462 e. The van der Waals surface area contributed by atoms with Crippen LogP contribution in [0.1, 0.15) is 296 Å². The average Bonchev–Trinajstić information content (AvgIpc) is 3.42. The van der Waals surface area contributed by atoms with Crippen LogP contribution in [0, 0.1) is 0 Å². The van der Waals surface area contributed by atoms with Gasteiger partial charge in [-0.05, 0) is 109 Å². The van der Waals surface area contributed by atoms with E-state index in [0.717, 1.165) is 103 Å². The molecule has 0 aromatic rings. The van der Waals surface area contributed by atoms with Crippen LogP contribution < -0.4 is 0 Å². The number of carbonyl (C=O) groups excluding carboxylic acids is 2. The molecule has 1 unspecified atom stereocenters. The second-order valence-corrected chi connectivity index (χ2v) is 21.1. The zero-order chi connectivity index (χ0) is 54.8. The van der Waals surface area contributed by atoms with Gasteiger partial charge in [0.1, 0.15) is 6.61 Å². The maximum Gasteiger partial charge on any atom is 0.306 e. The first-order chi connectivity index (χ1) is 37.6. The van der Waals surface area contributed by atoms with E-state index in [1.165, 1.54) is 167 Å². The molecule has 0 fully saturated rings. The molecule has 0 spiro atoms. The number of rotatable bonds is 58. The number of allylic oxidation sites excluding steroid dienone is 20. The van der Waals surface area contributed by atoms with Crippen LogP contribution >= 0.6 is 0 Å². The molecule has 0 aromatic heterocycles. The van der Waals surface area contributed by atoms with Gasteiger partial charge < -0.3 is 14.6 Å². The molecule has 1 N–H and O–H groups in total. The van der Waals surface area contributed by atoms with Crippen molar-refractivity contribution in [2.45, 2.75) is 302 Å². The second kappa shape index (κ2) is 65.6. The second-order valence-electron chi connectivity index (χ2n) is 21.1. The standard InChI is InChI=1S/C71H120O5/c1-3-5-7-9-11-13-15-17-19-21-23-25-27-29-31-32-33-34-35-36-37-38-40-42-44-46-48-50-52-54-56-58-60-62-64-66-71(74)76-69(67-72)68-75-70(73)65-63-61-59-57-55-53-51-49-47-45-43-41-39-30-28-26-24-22-20-18-16-14-12-10-8-6-4-2/h5,7,11,13,17,19,22-25,29,31,33-34,36-37,40,42,46,48,69,72H,3-4,6,8-10,12,14-16,18,20-21,26-28,30,32,35,38-39,41,43-45,47,49-68H2,1-2H3/b7-5-,13-11-,19-17-,24-22-,25-23-,31-29-,34-33-,37-36-,42-40-,48-46-. The zero-order valence-corrected chi connectivity index (χ0v) is 49.7. The molecule has 0 aliphatic carbocycles. The molecule has 0 rings (SSSR count). The normalized spacial score (nSPS) is 13.0. The summed E-state index contributed by atoms with van der Waals surface area (Å²) >= 11 is 0. The maximum atomic E-state index is 12.3. The van der Waals surface area contributed by atoms with Gasteiger partial charge in [0.2, 0.25) is 0 Å². The van der Waals surface area contributed by atoms with E-state index < -0.39 is 6.10 Å². The number of ether oxygens (including phenoxy) is 2. The quantitative estimate of drug-likeness (QED) is 0.0373. The van der Waals surface area contributed by atoms with E-state index in [1.54, 1.807) is 0 Å². The maximum absolute atomic E-state index is 12.3. The number of hydrogen-bond donors (Lipinski definition) is 1. The van der Waals surface area contributed by atoms with Crippen LogP contribution in [-0.2, 0) is 19.1 Å². The SMILES string of the molecule is CC/C=C\C/C=C\C/C=C\C/C=C\C/C=C\C/C=C\C/C=C\C/C=C\C/C=C\CCCCCCCCCC(=O)OC(CO)COC(=O)CCCCCCCCCCCCCCCCC/C=C\CCCCCCCCCC. The molecule has 0 radical (unpaired) electrons. The Morgan fingerprint density at radius 3 is 0.868 bits per heavy atom. The van der Waals surface area contributed by atoms with Crippen molar-refractivity contribution < 1.29 is 24.2 Å². The van der Waals surface area contributed by atoms with Gasteiger partial charge in [-0.3, -0.25) is 9.59 Å². The number of unbranched alkanes of at least 4 members (excludes halogenated alkanes) is 30. The van der Waals surface area contributed by atoms with Crippen molar-refractivity contribution in [3.8, 4) is 0 Å². The number of esters is 2. The summed E-state index contributed by atoms with van der Waals surface area (Å²) in [4.78, 5) is 24.6. The summed E-state index contributed by atoms with van der Waals surface area (Å²) in [5.74, 6) is -0.601. The Morgan fingerprint density at radius 2 is 0.566 bits per heavy atom. The minimum atomic E-state index is -0.787. The highest BCUT2D eigenvalue weighted by Crippen LogP contribution is 2.16. The lowest BCUT2D eigenvalue weighted by atomic mass is 10.0. The molecule has 1 atom stereocenters. The average molecular weight is 1050 g/mol. The molecule has 5 nitrogen and oxygen atoms in total. The molecule has 0 saturated carbocycles. The molecule has 0 aliphatic heterocycles. The number of aliphatic hydroxyl groups is 1. The number of aliphatic hydroxyl groups excluding tert-OH is 1. The highest BCUT2D eigenvalue weighted by atomic mass is 16.6. The first-order valence-electron chi connectivity index (χ1n) is 32.1. The van der Waals surface area contributed by atoms with Gasteiger partial charge in [0.25, 0.3) is 0 Å². The summed E-state index contributed by atoms with van der Waals surface area (Å²) in [6.45, 7) is 4.04. The molecule has 0 amide bonds. The third-order valence-corrected chi connectivity index (χ3v) is 13.7. The number of carbonyl (C=O) groups is 2. The minimum absolute atomic E-state index is 0.0747. The molecule has 0 bridgehead atoms. The lowest BCUT2D eigenvalue weighted by Crippen LogP contribution is -2.28. The van der Waals surface area contributed by atoms with Gasteiger partial charge in [-0.25, -0.2) is 0 Å². The Labute approximate surface area is 471 Å². The summed E-state index contributed by atoms with van der Waals surface area (Å²) < 4.78 is 10.7. The lowest BCUT2D eigenvalue weighted by molar-refractivity contribution is -0.161. The fraction of sp³-hybridized carbons (Fsp3) is 0.690. The Morgan fingerprint density at radius 1 is 0.316 bits per heavy atom. The summed E-state index contributed by atoms with van der Waals surface area (Å²) in [6.07, 6.45) is 96.2. The van der Waals surface area contributed by atoms with Crippen LogP contribution in [0.15, 0.2) is 122 Å². The van der Waals surface area contributed by atoms with Gasteiger partial charge in [-0.15, -0.1) is 0 Å². The monoisotopic (exact) mass is 1050 g/mol. The largest absolute Gasteiger partial charge is 0.462 e. The van der Waals surface area contributed by atoms with Crippen molar-refractivity contribution in [3.63, 3.8) is 0 Å². The summed E-state index contributed by atoms with van der Waals surface area (Å²) in [5.41, 5.74) is 0. The highest BCUT2D eigenvalue weighted by molar-refractivity contribution is 5.70. The molecular formula is C71H120O5. The number of hydrogen-bond acceptors (Lipinski definition) is 5. The predicted octanol–water partition coefficient (Wildman–Crippen LogP) is 22.2. The van der Waals surface area contributed by atoms with Gasteiger partial charge in [-0.2, -0.15) is 0 Å². The van der Waals surface area contributed by atoms with Crippen LogP contribution in [0.3, 0.4) is 0 Å². The van der Waals surface area contributed by atoms with E-state index in [-0.39, 0.29) is 25.2 Å². The van der Waals surface area contributed by atoms with Crippen LogP contribution in [0.4, 0.5) is 0 Å². The lowest BCUT2D eigenvalue weighted by Gasteiger charge is -2.15. The van der Waals surface area contributed by atoms with Crippen LogP contribution in [0.2, 0.25) is 0 Å². The van der Waals surface area contributed by atoms with Crippen molar-refractivity contribution in [1.82, 2.24) is 0 Å². The van der Waals surface area contributed by atoms with Crippen LogP contribution in [-0.4, -0.2) is 36.4 Å². The van der Waals surface area contributed by atoms with Crippen LogP contribution in [0.5, 0.6) is 0 Å². The zero-order valence-electron chi connectivity index (χ0n) is 49.7. The van der Waals surface area contributed by atoms with Crippen molar-refractivity contribution in [3.05, 3.63) is 122 Å². The van der Waals surface area contributed by atoms with Gasteiger partial charge >= 0.3 is 11.9 Å². The fourth-order valence-corrected chi connectivity index (χ4v) is 8.96. The summed E-state index contributed by atoms with van der Waals surface area (Å²) in [6, 6.07) is 0. The van der Waals surface area contributed by atoms with E-state index in [9.17, 15) is 14.7 Å². The third kappa shape index (κ3) is 62.8. The molecule has 0 aliphatic rings. The fourth-order valence-electron chi connectivity index (χ4n) is 8.96. The van der Waals surface area contributed by atoms with Gasteiger partial charge in [0.15, 0.2) is 6.10 Å². The summed E-state index contributed by atoms with van der Waals surface area (Å²) in [7, 11) is 0. The molecule has 0 saturated heterocycles. The molecule has 5 heteroatoms. The van der Waals surface area contributed by atoms with Crippen molar-refractivity contribution in [2.24, 2.45) is 0 Å². The van der Waals surface area contributed by atoms with E-state index in [2.05, 4.69) is 135 Å². The van der Waals surface area contributed by atoms with Gasteiger partial charge in [0.05, 0.1) is 6.61 Å². The topological polar surface area (TPSA) is 72.8 Å². The summed E-state index contributed by atoms with van der Waals surface area (Å²) in [5, 5.41) is 9.68.